The van der Waals surface area contributed by atoms with Crippen molar-refractivity contribution in [3.8, 4) is 0 Å². The van der Waals surface area contributed by atoms with E-state index in [1.54, 1.807) is 24.3 Å². The Bertz CT molecular complexity index is 893. The summed E-state index contributed by atoms with van der Waals surface area (Å²) >= 11 is 0. The predicted molar refractivity (Wildman–Crippen MR) is 117 cm³/mol. The Morgan fingerprint density at radius 2 is 1.59 bits per heavy atom. The second-order valence-electron chi connectivity index (χ2n) is 7.53. The molecular formula is C23H27N3O6. The Kier molecular flexibility index (Phi) is 8.30. The van der Waals surface area contributed by atoms with Crippen LogP contribution in [0, 0.1) is 5.92 Å². The average Bonchev–Trinajstić information content (AvgIpc) is 2.79. The van der Waals surface area contributed by atoms with Crippen LogP contribution < -0.4 is 16.4 Å². The maximum absolute atomic E-state index is 12.3. The highest BCUT2D eigenvalue weighted by molar-refractivity contribution is 5.84. The minimum absolute atomic E-state index is 0.0287. The number of anilines is 1. The van der Waals surface area contributed by atoms with Crippen LogP contribution in [-0.2, 0) is 20.8 Å². The normalized spacial score (nSPS) is 19.9. The number of alkyl carbamates (subject to hydrolysis) is 1. The van der Waals surface area contributed by atoms with E-state index in [0.29, 0.717) is 24.9 Å². The Morgan fingerprint density at radius 3 is 2.28 bits per heavy atom. The van der Waals surface area contributed by atoms with Crippen LogP contribution in [0.1, 0.15) is 24.8 Å². The van der Waals surface area contributed by atoms with Crippen LogP contribution in [0.5, 0.6) is 0 Å². The van der Waals surface area contributed by atoms with Gasteiger partial charge in [-0.3, -0.25) is 5.32 Å². The maximum Gasteiger partial charge on any atom is 0.411 e. The molecule has 170 valence electrons. The zero-order valence-corrected chi connectivity index (χ0v) is 17.6. The predicted octanol–water partition coefficient (Wildman–Crippen LogP) is 3.79. The van der Waals surface area contributed by atoms with Crippen LogP contribution in [0.4, 0.5) is 20.1 Å². The standard InChI is InChI=1S/C23H27N3O6/c24-21(27)32-19-11-12-20(26-23(29)30-14-16-7-3-1-4-8-16)17(13-19)15-31-22(28)25-18-9-5-2-6-10-18/h1-10,17,19-20H,11-15H2,(H2,24,27)(H,25,28)(H,26,29)/t17-,19?,20-/m0/s1. The molecule has 1 aliphatic carbocycles. The van der Waals surface area contributed by atoms with E-state index in [9.17, 15) is 14.4 Å². The number of benzene rings is 2. The van der Waals surface area contributed by atoms with Crippen LogP contribution in [0.3, 0.4) is 0 Å². The summed E-state index contributed by atoms with van der Waals surface area (Å²) in [4.78, 5) is 35.6. The first-order chi connectivity index (χ1) is 15.5. The number of amides is 3. The molecule has 9 nitrogen and oxygen atoms in total. The van der Waals surface area contributed by atoms with E-state index in [2.05, 4.69) is 10.6 Å². The molecule has 4 N–H and O–H groups in total. The van der Waals surface area contributed by atoms with E-state index in [1.165, 1.54) is 0 Å². The van der Waals surface area contributed by atoms with Crippen LogP contribution in [0.15, 0.2) is 60.7 Å². The molecule has 32 heavy (non-hydrogen) atoms. The average molecular weight is 441 g/mol. The van der Waals surface area contributed by atoms with Crippen LogP contribution in [0.2, 0.25) is 0 Å². The number of carbonyl (C=O) groups is 3. The lowest BCUT2D eigenvalue weighted by Gasteiger charge is -2.35. The van der Waals surface area contributed by atoms with Crippen molar-refractivity contribution in [2.24, 2.45) is 11.7 Å². The molecule has 1 aliphatic rings. The molecule has 0 aromatic heterocycles. The van der Waals surface area contributed by atoms with Crippen molar-refractivity contribution < 1.29 is 28.6 Å². The van der Waals surface area contributed by atoms with Gasteiger partial charge in [-0.25, -0.2) is 14.4 Å². The second-order valence-corrected chi connectivity index (χ2v) is 7.53. The van der Waals surface area contributed by atoms with Crippen molar-refractivity contribution in [1.82, 2.24) is 5.32 Å². The summed E-state index contributed by atoms with van der Waals surface area (Å²) in [7, 11) is 0. The van der Waals surface area contributed by atoms with E-state index >= 15 is 0 Å². The van der Waals surface area contributed by atoms with Gasteiger partial charge in [-0.2, -0.15) is 0 Å². The highest BCUT2D eigenvalue weighted by Crippen LogP contribution is 2.28. The molecule has 9 heteroatoms. The number of nitrogens with one attached hydrogen (secondary N) is 2. The van der Waals surface area contributed by atoms with Crippen LogP contribution >= 0.6 is 0 Å². The molecule has 0 saturated heterocycles. The summed E-state index contributed by atoms with van der Waals surface area (Å²) in [6.45, 7) is 0.175. The fraction of sp³-hybridized carbons (Fsp3) is 0.348. The lowest BCUT2D eigenvalue weighted by Crippen LogP contribution is -2.47. The lowest BCUT2D eigenvalue weighted by atomic mass is 9.83. The number of ether oxygens (including phenoxy) is 3. The number of hydrogen-bond acceptors (Lipinski definition) is 6. The van der Waals surface area contributed by atoms with E-state index < -0.39 is 24.4 Å². The lowest BCUT2D eigenvalue weighted by molar-refractivity contribution is 0.0311. The fourth-order valence-electron chi connectivity index (χ4n) is 3.64. The van der Waals surface area contributed by atoms with Gasteiger partial charge in [0.25, 0.3) is 0 Å². The first kappa shape index (κ1) is 22.9. The van der Waals surface area contributed by atoms with Gasteiger partial charge in [-0.15, -0.1) is 0 Å². The number of rotatable bonds is 7. The molecule has 0 bridgehead atoms. The molecule has 1 fully saturated rings. The Hall–Kier alpha value is -3.75. The highest BCUT2D eigenvalue weighted by Gasteiger charge is 2.34. The van der Waals surface area contributed by atoms with Gasteiger partial charge >= 0.3 is 18.3 Å². The number of carbonyl (C=O) groups excluding carboxylic acids is 3. The molecule has 3 atom stereocenters. The van der Waals surface area contributed by atoms with Crippen molar-refractivity contribution in [2.75, 3.05) is 11.9 Å². The quantitative estimate of drug-likeness (QED) is 0.561. The number of hydrogen-bond donors (Lipinski definition) is 3. The third kappa shape index (κ3) is 7.50. The number of para-hydroxylation sites is 1. The number of nitrogens with two attached hydrogens (primary N) is 1. The van der Waals surface area contributed by atoms with Crippen molar-refractivity contribution in [1.29, 1.82) is 0 Å². The van der Waals surface area contributed by atoms with Gasteiger partial charge < -0.3 is 25.3 Å². The molecule has 2 aromatic carbocycles. The van der Waals surface area contributed by atoms with Gasteiger partial charge in [0.15, 0.2) is 0 Å². The van der Waals surface area contributed by atoms with Gasteiger partial charge in [0.05, 0.1) is 6.61 Å². The monoisotopic (exact) mass is 441 g/mol. The first-order valence-corrected chi connectivity index (χ1v) is 10.4. The van der Waals surface area contributed by atoms with Crippen LogP contribution in [-0.4, -0.2) is 37.0 Å². The van der Waals surface area contributed by atoms with E-state index in [-0.39, 0.29) is 25.2 Å². The van der Waals surface area contributed by atoms with Crippen molar-refractivity contribution in [3.05, 3.63) is 66.2 Å². The minimum Gasteiger partial charge on any atom is -0.449 e. The summed E-state index contributed by atoms with van der Waals surface area (Å²) in [6, 6.07) is 17.9. The highest BCUT2D eigenvalue weighted by atomic mass is 16.6. The van der Waals surface area contributed by atoms with Gasteiger partial charge in [-0.05, 0) is 37.0 Å². The zero-order chi connectivity index (χ0) is 22.8. The summed E-state index contributed by atoms with van der Waals surface area (Å²) in [6.07, 6.45) is -0.995. The topological polar surface area (TPSA) is 129 Å². The molecule has 0 heterocycles. The Morgan fingerprint density at radius 1 is 0.906 bits per heavy atom. The molecule has 3 amide bonds. The van der Waals surface area contributed by atoms with E-state index in [4.69, 9.17) is 19.9 Å². The van der Waals surface area contributed by atoms with Crippen molar-refractivity contribution in [3.63, 3.8) is 0 Å². The second kappa shape index (κ2) is 11.6. The van der Waals surface area contributed by atoms with Crippen molar-refractivity contribution in [2.45, 2.75) is 38.0 Å². The third-order valence-corrected chi connectivity index (χ3v) is 5.18. The summed E-state index contributed by atoms with van der Waals surface area (Å²) in [5.74, 6) is -0.279. The Labute approximate surface area is 186 Å². The summed E-state index contributed by atoms with van der Waals surface area (Å²) < 4.78 is 15.8. The fourth-order valence-corrected chi connectivity index (χ4v) is 3.64. The molecular weight excluding hydrogens is 414 g/mol. The van der Waals surface area contributed by atoms with Gasteiger partial charge in [0.1, 0.15) is 12.7 Å². The minimum atomic E-state index is -0.856. The van der Waals surface area contributed by atoms with Gasteiger partial charge in [0, 0.05) is 17.6 Å². The molecule has 1 unspecified atom stereocenters. The summed E-state index contributed by atoms with van der Waals surface area (Å²) in [5.41, 5.74) is 6.62. The number of primary amides is 1. The molecule has 3 rings (SSSR count). The third-order valence-electron chi connectivity index (χ3n) is 5.18. The smallest absolute Gasteiger partial charge is 0.411 e. The largest absolute Gasteiger partial charge is 0.449 e. The van der Waals surface area contributed by atoms with E-state index in [0.717, 1.165) is 5.56 Å². The van der Waals surface area contributed by atoms with E-state index in [1.807, 2.05) is 36.4 Å². The zero-order valence-electron chi connectivity index (χ0n) is 17.6. The molecule has 2 aromatic rings. The van der Waals surface area contributed by atoms with Gasteiger partial charge in [0.2, 0.25) is 0 Å². The maximum atomic E-state index is 12.3. The summed E-state index contributed by atoms with van der Waals surface area (Å²) in [5, 5.41) is 5.48. The molecule has 0 radical (unpaired) electrons. The van der Waals surface area contributed by atoms with Gasteiger partial charge in [-0.1, -0.05) is 48.5 Å². The Balaban J connectivity index is 1.54. The van der Waals surface area contributed by atoms with Crippen molar-refractivity contribution >= 4 is 24.0 Å². The SMILES string of the molecule is NC(=O)OC1CC[C@H](NC(=O)OCc2ccccc2)[C@H](COC(=O)Nc2ccccc2)C1. The molecule has 0 aliphatic heterocycles. The molecule has 0 spiro atoms. The molecule has 1 saturated carbocycles. The van der Waals surface area contributed by atoms with Crippen LogP contribution in [0.25, 0.3) is 0 Å². The first-order valence-electron chi connectivity index (χ1n) is 10.4.